The van der Waals surface area contributed by atoms with E-state index in [9.17, 15) is 0 Å². The molecule has 4 radical (unpaired) electrons. The van der Waals surface area contributed by atoms with Gasteiger partial charge in [0, 0.05) is 152 Å². The molecule has 2 rings (SSSR count). The Kier molecular flexibility index (Phi) is 80.9. The van der Waals surface area contributed by atoms with Gasteiger partial charge in [-0.1, -0.05) is 31.6 Å². The van der Waals surface area contributed by atoms with Gasteiger partial charge in [-0.05, 0) is 0 Å². The van der Waals surface area contributed by atoms with Crippen molar-refractivity contribution in [3.8, 4) is 0 Å². The molecule has 2 fully saturated rings. The molecule has 2 saturated carbocycles. The molecule has 0 aromatic rings. The average Bonchev–Trinajstić information content (AvgIpc) is 3.10. The Morgan fingerprint density at radius 1 is 1.07 bits per heavy atom. The topological polar surface area (TPSA) is 0 Å². The Morgan fingerprint density at radius 2 is 1.68 bits per heavy atom. The molecule has 2 aliphatic carbocycles. The molecule has 0 aliphatic heterocycles. The van der Waals surface area contributed by atoms with Gasteiger partial charge >= 0.3 is 65.4 Å². The van der Waals surface area contributed by atoms with E-state index in [0.717, 1.165) is 24.7 Å². The normalized spacial score (nSPS) is 21.0. The largest absolute Gasteiger partial charge is 3.00 e. The van der Waals surface area contributed by atoms with Crippen molar-refractivity contribution in [2.45, 2.75) is 57.8 Å². The Labute approximate surface area is 343 Å². The Bertz CT molecular complexity index is 284. The van der Waals surface area contributed by atoms with Crippen LogP contribution in [0, 0.1) is 64.5 Å². The van der Waals surface area contributed by atoms with E-state index in [-0.39, 0.29) is 225 Å². The zero-order valence-electron chi connectivity index (χ0n) is 17.8. The van der Waals surface area contributed by atoms with Crippen LogP contribution in [0.4, 0.5) is 0 Å². The molecule has 0 aromatic heterocycles. The SMILES string of the molecule is [CH-]=CC=[C-]CC1CCCC1[CH2-].[CH2-]CC[CH-]C1[CH-]CCC1.[CH3-].[W].[Y+3].[Y+3].[Y].[Y].[Y].[Y]. The minimum absolute atomic E-state index is 0. The van der Waals surface area contributed by atoms with Crippen LogP contribution in [0.1, 0.15) is 57.8 Å². The van der Waals surface area contributed by atoms with E-state index >= 15 is 0 Å². The summed E-state index contributed by atoms with van der Waals surface area (Å²) in [5.74, 6) is 2.23. The minimum atomic E-state index is 0. The summed E-state index contributed by atoms with van der Waals surface area (Å²) in [4.78, 5) is 0. The molecule has 0 saturated heterocycles. The fourth-order valence-electron chi connectivity index (χ4n) is 3.02. The molecular formula is C21H33WY6-. The summed E-state index contributed by atoms with van der Waals surface area (Å²) in [6, 6.07) is 0. The third-order valence-electron chi connectivity index (χ3n) is 4.30. The average molecular weight is 1000 g/mol. The van der Waals surface area contributed by atoms with Crippen molar-refractivity contribution >= 4 is 0 Å². The minimum Gasteiger partial charge on any atom is -0.394 e. The zero-order chi connectivity index (χ0) is 14.6. The van der Waals surface area contributed by atoms with E-state index < -0.39 is 0 Å². The summed E-state index contributed by atoms with van der Waals surface area (Å²) in [6.07, 6.45) is 22.7. The van der Waals surface area contributed by atoms with E-state index in [0.29, 0.717) is 5.92 Å². The van der Waals surface area contributed by atoms with Crippen LogP contribution < -0.4 is 0 Å². The predicted molar refractivity (Wildman–Crippen MR) is 94.4 cm³/mol. The zero-order valence-corrected chi connectivity index (χ0v) is 37.7. The van der Waals surface area contributed by atoms with Gasteiger partial charge in [0.1, 0.15) is 0 Å². The molecule has 2 aliphatic rings. The summed E-state index contributed by atoms with van der Waals surface area (Å²) in [7, 11) is 0. The van der Waals surface area contributed by atoms with Crippen molar-refractivity contribution in [1.29, 1.82) is 0 Å². The first-order chi connectivity index (χ1) is 9.77. The molecule has 28 heavy (non-hydrogen) atoms. The number of allylic oxidation sites excluding steroid dienone is 3. The smallest absolute Gasteiger partial charge is 0.394 e. The van der Waals surface area contributed by atoms with Gasteiger partial charge in [-0.15, -0.1) is 12.8 Å². The quantitative estimate of drug-likeness (QED) is 0.220. The van der Waals surface area contributed by atoms with Gasteiger partial charge in [0.25, 0.3) is 0 Å². The molecule has 0 spiro atoms. The fraction of sp³-hybridized carbons (Fsp3) is 0.571. The maximum atomic E-state index is 5.19. The fourth-order valence-corrected chi connectivity index (χ4v) is 3.02. The predicted octanol–water partition coefficient (Wildman–Crippen LogP) is 6.22. The second-order valence-electron chi connectivity index (χ2n) is 5.93. The van der Waals surface area contributed by atoms with Gasteiger partial charge in [-0.2, -0.15) is 12.3 Å². The number of hydrogen-bond acceptors (Lipinski definition) is 0. The first-order valence-electron chi connectivity index (χ1n) is 8.17. The molecule has 3 atom stereocenters. The molecule has 0 aromatic carbocycles. The maximum absolute atomic E-state index is 5.19. The van der Waals surface area contributed by atoms with E-state index in [1.807, 2.05) is 0 Å². The molecule has 3 unspecified atom stereocenters. The summed E-state index contributed by atoms with van der Waals surface area (Å²) in [5, 5.41) is 0. The van der Waals surface area contributed by atoms with Gasteiger partial charge in [0.2, 0.25) is 0 Å². The molecule has 0 bridgehead atoms. The molecule has 0 amide bonds. The summed E-state index contributed by atoms with van der Waals surface area (Å²) >= 11 is 0. The van der Waals surface area contributed by atoms with Crippen molar-refractivity contribution in [3.63, 3.8) is 0 Å². The monoisotopic (exact) mass is 1000 g/mol. The van der Waals surface area contributed by atoms with Crippen molar-refractivity contribution in [2.75, 3.05) is 0 Å². The number of hydrogen-bond donors (Lipinski definition) is 0. The van der Waals surface area contributed by atoms with Crippen LogP contribution in [0.5, 0.6) is 0 Å². The van der Waals surface area contributed by atoms with Crippen LogP contribution in [0.2, 0.25) is 0 Å². The van der Waals surface area contributed by atoms with Crippen LogP contribution >= 0.6 is 0 Å². The second kappa shape index (κ2) is 40.9. The maximum Gasteiger partial charge on any atom is 3.00 e. The molecule has 142 valence electrons. The summed E-state index contributed by atoms with van der Waals surface area (Å²) in [5.41, 5.74) is 0. The summed E-state index contributed by atoms with van der Waals surface area (Å²) < 4.78 is 0. The van der Waals surface area contributed by atoms with Crippen LogP contribution in [-0.4, -0.2) is 0 Å². The van der Waals surface area contributed by atoms with Crippen LogP contribution in [0.3, 0.4) is 0 Å². The molecule has 0 N–H and O–H groups in total. The Hall–Kier alpha value is 6.79. The van der Waals surface area contributed by atoms with Crippen molar-refractivity contribution in [3.05, 3.63) is 58.9 Å². The van der Waals surface area contributed by atoms with Gasteiger partial charge in [0.05, 0.1) is 0 Å². The molecule has 7 heteroatoms. The molecule has 0 nitrogen and oxygen atoms in total. The van der Waals surface area contributed by atoms with Gasteiger partial charge in [-0.3, -0.25) is 5.92 Å². The Morgan fingerprint density at radius 3 is 2.07 bits per heavy atom. The second-order valence-corrected chi connectivity index (χ2v) is 5.93. The molecular weight excluding hydrogens is 970 g/mol. The third-order valence-corrected chi connectivity index (χ3v) is 4.30. The van der Waals surface area contributed by atoms with Gasteiger partial charge < -0.3 is 58.9 Å². The number of rotatable bonds is 6. The summed E-state index contributed by atoms with van der Waals surface area (Å²) in [6.45, 7) is 13.1. The van der Waals surface area contributed by atoms with E-state index in [1.54, 1.807) is 6.08 Å². The standard InChI is InChI=1S/C11H15.C9H15.CH3.W.6Y/c1-3-4-5-8-11-9-6-7-10(11)2;1-2-3-6-9-7-4-5-8-9;;;;;;;;/h1,3-4,10-11H,2,6-9H2;6-7,9H,1-5,8H2;1H3;;;;;;;/q2*-3;-1;;;;;;2*+3. The number of unbranched alkanes of at least 4 members (excludes halogenated alkanes) is 1. The Balaban J connectivity index is -0.0000000374. The third kappa shape index (κ3) is 30.8. The van der Waals surface area contributed by atoms with Crippen molar-refractivity contribution < 1.29 is 217 Å². The van der Waals surface area contributed by atoms with Gasteiger partial charge in [-0.25, -0.2) is 12.8 Å². The van der Waals surface area contributed by atoms with E-state index in [4.69, 9.17) is 6.58 Å². The molecule has 0 heterocycles. The van der Waals surface area contributed by atoms with Crippen LogP contribution in [0.25, 0.3) is 0 Å². The van der Waals surface area contributed by atoms with Crippen molar-refractivity contribution in [2.24, 2.45) is 17.8 Å². The van der Waals surface area contributed by atoms with Crippen LogP contribution in [-0.2, 0) is 217 Å². The van der Waals surface area contributed by atoms with E-state index in [2.05, 4.69) is 32.8 Å². The first-order valence-corrected chi connectivity index (χ1v) is 8.17. The van der Waals surface area contributed by atoms with E-state index in [1.165, 1.54) is 51.0 Å². The first kappa shape index (κ1) is 55.3. The van der Waals surface area contributed by atoms with Crippen molar-refractivity contribution in [1.82, 2.24) is 0 Å². The van der Waals surface area contributed by atoms with Gasteiger partial charge in [0.15, 0.2) is 0 Å². The van der Waals surface area contributed by atoms with Crippen LogP contribution in [0.15, 0.2) is 12.2 Å².